The lowest BCUT2D eigenvalue weighted by atomic mass is 10.3. The Morgan fingerprint density at radius 3 is 2.78 bits per heavy atom. The van der Waals surface area contributed by atoms with Crippen LogP contribution in [0.2, 0.25) is 5.02 Å². The van der Waals surface area contributed by atoms with E-state index in [0.29, 0.717) is 30.3 Å². The number of hydrogen-bond donors (Lipinski definition) is 1. The van der Waals surface area contributed by atoms with Crippen molar-refractivity contribution in [1.29, 1.82) is 0 Å². The van der Waals surface area contributed by atoms with Gasteiger partial charge in [0, 0.05) is 24.7 Å². The molecule has 0 fully saturated rings. The van der Waals surface area contributed by atoms with Crippen molar-refractivity contribution in [1.82, 2.24) is 4.90 Å². The summed E-state index contributed by atoms with van der Waals surface area (Å²) in [5.74, 6) is -0.838. The molecule has 6 nitrogen and oxygen atoms in total. The van der Waals surface area contributed by atoms with E-state index in [9.17, 15) is 9.59 Å². The van der Waals surface area contributed by atoms with Gasteiger partial charge in [0.1, 0.15) is 12.0 Å². The van der Waals surface area contributed by atoms with Gasteiger partial charge in [-0.3, -0.25) is 4.79 Å². The van der Waals surface area contributed by atoms with Crippen LogP contribution in [0.3, 0.4) is 0 Å². The van der Waals surface area contributed by atoms with Gasteiger partial charge in [0.15, 0.2) is 5.76 Å². The summed E-state index contributed by atoms with van der Waals surface area (Å²) >= 11 is 5.86. The summed E-state index contributed by atoms with van der Waals surface area (Å²) in [5, 5.41) is 9.41. The number of halogens is 1. The molecular formula is C16H16ClNO5. The van der Waals surface area contributed by atoms with Crippen LogP contribution in [0.15, 0.2) is 41.0 Å². The molecule has 0 unspecified atom stereocenters. The Bertz CT molecular complexity index is 697. The number of furan rings is 1. The number of nitrogens with zero attached hydrogens (tertiary/aromatic N) is 1. The topological polar surface area (TPSA) is 80.0 Å². The predicted molar refractivity (Wildman–Crippen MR) is 84.2 cm³/mol. The van der Waals surface area contributed by atoms with E-state index in [1.165, 1.54) is 11.0 Å². The lowest BCUT2D eigenvalue weighted by molar-refractivity contribution is 0.0695. The van der Waals surface area contributed by atoms with Gasteiger partial charge >= 0.3 is 5.97 Å². The van der Waals surface area contributed by atoms with Crippen LogP contribution in [0.25, 0.3) is 0 Å². The van der Waals surface area contributed by atoms with E-state index in [1.807, 2.05) is 0 Å². The van der Waals surface area contributed by atoms with Crippen molar-refractivity contribution in [3.63, 3.8) is 0 Å². The van der Waals surface area contributed by atoms with E-state index in [2.05, 4.69) is 0 Å². The van der Waals surface area contributed by atoms with Gasteiger partial charge in [-0.2, -0.15) is 0 Å². The molecular weight excluding hydrogens is 322 g/mol. The molecule has 1 aromatic carbocycles. The molecule has 23 heavy (non-hydrogen) atoms. The number of carbonyl (C=O) groups excluding carboxylic acids is 1. The average molecular weight is 338 g/mol. The molecule has 2 rings (SSSR count). The fourth-order valence-corrected chi connectivity index (χ4v) is 2.08. The maximum absolute atomic E-state index is 12.1. The van der Waals surface area contributed by atoms with Crippen molar-refractivity contribution in [3.8, 4) is 5.75 Å². The fraction of sp³-hybridized carbons (Fsp3) is 0.250. The number of amides is 1. The Labute approximate surface area is 138 Å². The smallest absolute Gasteiger partial charge is 0.338 e. The molecule has 0 radical (unpaired) electrons. The Hall–Kier alpha value is -2.47. The molecule has 0 aliphatic rings. The highest BCUT2D eigenvalue weighted by Crippen LogP contribution is 2.17. The number of aromatic carboxylic acids is 1. The largest absolute Gasteiger partial charge is 0.493 e. The molecule has 0 spiro atoms. The van der Waals surface area contributed by atoms with Gasteiger partial charge in [0.2, 0.25) is 0 Å². The second kappa shape index (κ2) is 7.69. The van der Waals surface area contributed by atoms with Crippen LogP contribution in [-0.2, 0) is 0 Å². The predicted octanol–water partition coefficient (Wildman–Crippen LogP) is 3.17. The minimum Gasteiger partial charge on any atom is -0.493 e. The van der Waals surface area contributed by atoms with Crippen molar-refractivity contribution >= 4 is 23.5 Å². The molecule has 0 aliphatic heterocycles. The average Bonchev–Trinajstić information content (AvgIpc) is 3.01. The van der Waals surface area contributed by atoms with E-state index in [4.69, 9.17) is 25.9 Å². The first kappa shape index (κ1) is 16.9. The monoisotopic (exact) mass is 337 g/mol. The molecule has 1 heterocycles. The van der Waals surface area contributed by atoms with Gasteiger partial charge in [0.05, 0.1) is 12.2 Å². The van der Waals surface area contributed by atoms with E-state index in [-0.39, 0.29) is 17.2 Å². The summed E-state index contributed by atoms with van der Waals surface area (Å²) in [6.45, 7) is 0.874. The third kappa shape index (κ3) is 4.75. The van der Waals surface area contributed by atoms with Crippen LogP contribution in [0.1, 0.15) is 27.3 Å². The van der Waals surface area contributed by atoms with Crippen molar-refractivity contribution in [2.45, 2.75) is 6.42 Å². The number of hydrogen-bond acceptors (Lipinski definition) is 4. The second-order valence-corrected chi connectivity index (χ2v) is 5.33. The van der Waals surface area contributed by atoms with E-state index in [1.54, 1.807) is 31.3 Å². The number of carboxylic acid groups (broad SMARTS) is 1. The zero-order valence-corrected chi connectivity index (χ0v) is 13.2. The zero-order chi connectivity index (χ0) is 16.8. The van der Waals surface area contributed by atoms with Crippen LogP contribution in [-0.4, -0.2) is 42.1 Å². The SMILES string of the molecule is CN(CCCOc1cccc(Cl)c1)C(=O)c1cc(C(=O)O)co1. The van der Waals surface area contributed by atoms with Gasteiger partial charge in [-0.25, -0.2) is 4.79 Å². The molecule has 1 amide bonds. The highest BCUT2D eigenvalue weighted by Gasteiger charge is 2.18. The summed E-state index contributed by atoms with van der Waals surface area (Å²) in [6, 6.07) is 8.28. The number of rotatable bonds is 7. The van der Waals surface area contributed by atoms with Crippen molar-refractivity contribution in [2.24, 2.45) is 0 Å². The van der Waals surface area contributed by atoms with Crippen LogP contribution < -0.4 is 4.74 Å². The van der Waals surface area contributed by atoms with Crippen LogP contribution in [0, 0.1) is 0 Å². The number of carboxylic acids is 1. The first-order chi connectivity index (χ1) is 11.0. The third-order valence-electron chi connectivity index (χ3n) is 3.11. The molecule has 0 bridgehead atoms. The summed E-state index contributed by atoms with van der Waals surface area (Å²) in [6.07, 6.45) is 1.66. The molecule has 0 atom stereocenters. The zero-order valence-electron chi connectivity index (χ0n) is 12.5. The molecule has 122 valence electrons. The summed E-state index contributed by atoms with van der Waals surface area (Å²) in [7, 11) is 1.62. The maximum atomic E-state index is 12.1. The highest BCUT2D eigenvalue weighted by molar-refractivity contribution is 6.30. The van der Waals surface area contributed by atoms with Crippen LogP contribution in [0.4, 0.5) is 0 Å². The third-order valence-corrected chi connectivity index (χ3v) is 3.34. The van der Waals surface area contributed by atoms with Gasteiger partial charge in [-0.05, 0) is 24.6 Å². The van der Waals surface area contributed by atoms with Crippen LogP contribution in [0.5, 0.6) is 5.75 Å². The minimum absolute atomic E-state index is 0.000611. The Morgan fingerprint density at radius 1 is 1.35 bits per heavy atom. The Kier molecular flexibility index (Phi) is 5.65. The van der Waals surface area contributed by atoms with Crippen molar-refractivity contribution in [2.75, 3.05) is 20.2 Å². The number of carbonyl (C=O) groups is 2. The quantitative estimate of drug-likeness (QED) is 0.785. The first-order valence-corrected chi connectivity index (χ1v) is 7.31. The van der Waals surface area contributed by atoms with Gasteiger partial charge in [-0.15, -0.1) is 0 Å². The van der Waals surface area contributed by atoms with E-state index < -0.39 is 5.97 Å². The standard InChI is InChI=1S/C16H16ClNO5/c1-18(15(19)14-8-11(10-23-14)16(20)21)6-3-7-22-13-5-2-4-12(17)9-13/h2,4-5,8-10H,3,6-7H2,1H3,(H,20,21). The molecule has 0 saturated heterocycles. The lowest BCUT2D eigenvalue weighted by Crippen LogP contribution is -2.28. The summed E-state index contributed by atoms with van der Waals surface area (Å²) < 4.78 is 10.5. The van der Waals surface area contributed by atoms with Crippen molar-refractivity contribution in [3.05, 3.63) is 52.9 Å². The Morgan fingerprint density at radius 2 is 2.13 bits per heavy atom. The van der Waals surface area contributed by atoms with Crippen LogP contribution >= 0.6 is 11.6 Å². The molecule has 7 heteroatoms. The fourth-order valence-electron chi connectivity index (χ4n) is 1.90. The first-order valence-electron chi connectivity index (χ1n) is 6.93. The molecule has 0 aliphatic carbocycles. The maximum Gasteiger partial charge on any atom is 0.338 e. The van der Waals surface area contributed by atoms with Gasteiger partial charge in [0.25, 0.3) is 5.91 Å². The van der Waals surface area contributed by atoms with Gasteiger partial charge < -0.3 is 19.2 Å². The Balaban J connectivity index is 1.78. The summed E-state index contributed by atoms with van der Waals surface area (Å²) in [5.41, 5.74) is -0.0500. The molecule has 0 saturated carbocycles. The van der Waals surface area contributed by atoms with E-state index in [0.717, 1.165) is 6.26 Å². The van der Waals surface area contributed by atoms with E-state index >= 15 is 0 Å². The number of ether oxygens (including phenoxy) is 1. The molecule has 1 aromatic heterocycles. The molecule has 1 N–H and O–H groups in total. The summed E-state index contributed by atoms with van der Waals surface area (Å²) in [4.78, 5) is 24.3. The second-order valence-electron chi connectivity index (χ2n) is 4.89. The number of benzene rings is 1. The lowest BCUT2D eigenvalue weighted by Gasteiger charge is -2.15. The normalized spacial score (nSPS) is 10.3. The van der Waals surface area contributed by atoms with Crippen molar-refractivity contribution < 1.29 is 23.8 Å². The highest BCUT2D eigenvalue weighted by atomic mass is 35.5. The minimum atomic E-state index is -1.13. The van der Waals surface area contributed by atoms with Gasteiger partial charge in [-0.1, -0.05) is 17.7 Å². The molecule has 2 aromatic rings.